The van der Waals surface area contributed by atoms with E-state index in [1.807, 2.05) is 6.92 Å². The van der Waals surface area contributed by atoms with Crippen LogP contribution in [0.25, 0.3) is 0 Å². The van der Waals surface area contributed by atoms with Crippen LogP contribution in [-0.2, 0) is 0 Å². The van der Waals surface area contributed by atoms with Crippen LogP contribution in [0.4, 0.5) is 0 Å². The maximum atomic E-state index is 11.7. The molecule has 0 aromatic rings. The minimum absolute atomic E-state index is 0.107. The van der Waals surface area contributed by atoms with Crippen molar-refractivity contribution in [2.24, 2.45) is 52.3 Å². The van der Waals surface area contributed by atoms with Crippen molar-refractivity contribution in [2.75, 3.05) is 0 Å². The summed E-state index contributed by atoms with van der Waals surface area (Å²) in [6, 6.07) is 0. The standard InChI is InChI=1S/C26H46O4/c1-6-17-20-12-16(28)9-10-25(20,4)21-13-22(29)26(5)18(14(2)11-15(3)27)7-8-19(26)23(21)24(17)30/h14-24,27-30H,6-13H2,1-5H3/t14-,15+,16-,17-,18-,19?,20+,21?,22+,23+,24-,25+,26-/m1/s1. The van der Waals surface area contributed by atoms with Gasteiger partial charge in [0.2, 0.25) is 0 Å². The predicted octanol–water partition coefficient (Wildman–Crippen LogP) is 3.99. The van der Waals surface area contributed by atoms with Crippen molar-refractivity contribution in [1.82, 2.24) is 0 Å². The van der Waals surface area contributed by atoms with Gasteiger partial charge in [-0.2, -0.15) is 0 Å². The Balaban J connectivity index is 1.70. The molecule has 4 rings (SSSR count). The van der Waals surface area contributed by atoms with E-state index in [1.54, 1.807) is 0 Å². The van der Waals surface area contributed by atoms with Gasteiger partial charge in [0.25, 0.3) is 0 Å². The second-order valence-corrected chi connectivity index (χ2v) is 12.3. The molecular weight excluding hydrogens is 376 g/mol. The van der Waals surface area contributed by atoms with Gasteiger partial charge in [-0.1, -0.05) is 34.1 Å². The van der Waals surface area contributed by atoms with E-state index in [0.717, 1.165) is 51.4 Å². The number of rotatable bonds is 4. The van der Waals surface area contributed by atoms with Crippen LogP contribution in [0.1, 0.15) is 86.0 Å². The SMILES string of the molecule is CC[C@H]1[C@@H](O)[C@H]2C3CC[C@H]([C@H](C)C[C@H](C)O)[C@@]3(C)[C@@H](O)CC2[C@@]2(C)CC[C@@H](O)C[C@@H]12. The van der Waals surface area contributed by atoms with Gasteiger partial charge in [0, 0.05) is 0 Å². The molecule has 0 aromatic heterocycles. The van der Waals surface area contributed by atoms with Gasteiger partial charge in [0.1, 0.15) is 0 Å². The Labute approximate surface area is 183 Å². The highest BCUT2D eigenvalue weighted by Gasteiger charge is 2.67. The minimum Gasteiger partial charge on any atom is -0.393 e. The molecule has 2 unspecified atom stereocenters. The average Bonchev–Trinajstić information content (AvgIpc) is 3.02. The van der Waals surface area contributed by atoms with Crippen molar-refractivity contribution < 1.29 is 20.4 Å². The van der Waals surface area contributed by atoms with Crippen LogP contribution < -0.4 is 0 Å². The van der Waals surface area contributed by atoms with Crippen LogP contribution in [0, 0.1) is 52.3 Å². The summed E-state index contributed by atoms with van der Waals surface area (Å²) in [5.74, 6) is 2.32. The van der Waals surface area contributed by atoms with Crippen molar-refractivity contribution in [3.63, 3.8) is 0 Å². The van der Waals surface area contributed by atoms with Crippen LogP contribution in [0.15, 0.2) is 0 Å². The van der Waals surface area contributed by atoms with E-state index in [-0.39, 0.29) is 47.1 Å². The second kappa shape index (κ2) is 8.01. The van der Waals surface area contributed by atoms with Crippen molar-refractivity contribution in [1.29, 1.82) is 0 Å². The fraction of sp³-hybridized carbons (Fsp3) is 1.00. The van der Waals surface area contributed by atoms with Gasteiger partial charge in [-0.3, -0.25) is 0 Å². The molecule has 0 amide bonds. The zero-order chi connectivity index (χ0) is 22.0. The molecule has 4 heteroatoms. The Morgan fingerprint density at radius 1 is 0.933 bits per heavy atom. The molecule has 0 saturated heterocycles. The molecule has 4 nitrogen and oxygen atoms in total. The van der Waals surface area contributed by atoms with Gasteiger partial charge in [0.05, 0.1) is 24.4 Å². The Bertz CT molecular complexity index is 622. The van der Waals surface area contributed by atoms with E-state index in [0.29, 0.717) is 29.6 Å². The highest BCUT2D eigenvalue weighted by atomic mass is 16.3. The first-order valence-electron chi connectivity index (χ1n) is 12.8. The Morgan fingerprint density at radius 3 is 2.27 bits per heavy atom. The van der Waals surface area contributed by atoms with Crippen LogP contribution in [0.5, 0.6) is 0 Å². The number of aliphatic hydroxyl groups is 4. The summed E-state index contributed by atoms with van der Waals surface area (Å²) >= 11 is 0. The lowest BCUT2D eigenvalue weighted by atomic mass is 9.41. The Morgan fingerprint density at radius 2 is 1.63 bits per heavy atom. The lowest BCUT2D eigenvalue weighted by Gasteiger charge is -2.65. The van der Waals surface area contributed by atoms with Crippen molar-refractivity contribution >= 4 is 0 Å². The number of hydrogen-bond donors (Lipinski definition) is 4. The first kappa shape index (κ1) is 23.0. The van der Waals surface area contributed by atoms with Gasteiger partial charge in [-0.05, 0) is 104 Å². The number of aliphatic hydroxyl groups excluding tert-OH is 4. The molecule has 0 radical (unpaired) electrons. The molecular formula is C26H46O4. The summed E-state index contributed by atoms with van der Waals surface area (Å²) in [4.78, 5) is 0. The minimum atomic E-state index is -0.345. The van der Waals surface area contributed by atoms with Crippen molar-refractivity contribution in [2.45, 2.75) is 110 Å². The monoisotopic (exact) mass is 422 g/mol. The fourth-order valence-corrected chi connectivity index (χ4v) is 9.59. The zero-order valence-electron chi connectivity index (χ0n) is 19.8. The highest BCUT2D eigenvalue weighted by molar-refractivity contribution is 5.15. The molecule has 4 fully saturated rings. The molecule has 0 bridgehead atoms. The smallest absolute Gasteiger partial charge is 0.0605 e. The maximum Gasteiger partial charge on any atom is 0.0605 e. The molecule has 0 aliphatic heterocycles. The van der Waals surface area contributed by atoms with Crippen LogP contribution in [-0.4, -0.2) is 44.8 Å². The molecule has 0 aromatic carbocycles. The molecule has 4 aliphatic carbocycles. The number of hydrogen-bond acceptors (Lipinski definition) is 4. The van der Waals surface area contributed by atoms with Crippen molar-refractivity contribution in [3.8, 4) is 0 Å². The summed E-state index contributed by atoms with van der Waals surface area (Å²) in [6.07, 6.45) is 6.16. The third kappa shape index (κ3) is 3.23. The maximum absolute atomic E-state index is 11.7. The molecule has 174 valence electrons. The molecule has 13 atom stereocenters. The van der Waals surface area contributed by atoms with E-state index < -0.39 is 0 Å². The van der Waals surface area contributed by atoms with Crippen molar-refractivity contribution in [3.05, 3.63) is 0 Å². The molecule has 4 aliphatic rings. The fourth-order valence-electron chi connectivity index (χ4n) is 9.59. The van der Waals surface area contributed by atoms with Gasteiger partial charge < -0.3 is 20.4 Å². The summed E-state index contributed by atoms with van der Waals surface area (Å²) in [5, 5.41) is 43.7. The van der Waals surface area contributed by atoms with E-state index in [4.69, 9.17) is 0 Å². The molecule has 30 heavy (non-hydrogen) atoms. The van der Waals surface area contributed by atoms with Gasteiger partial charge in [-0.15, -0.1) is 0 Å². The molecule has 0 heterocycles. The Kier molecular flexibility index (Phi) is 6.14. The first-order chi connectivity index (χ1) is 14.1. The first-order valence-corrected chi connectivity index (χ1v) is 12.8. The second-order valence-electron chi connectivity index (χ2n) is 12.3. The van der Waals surface area contributed by atoms with E-state index in [9.17, 15) is 20.4 Å². The lowest BCUT2D eigenvalue weighted by molar-refractivity contribution is -0.228. The van der Waals surface area contributed by atoms with Gasteiger partial charge >= 0.3 is 0 Å². The third-order valence-electron chi connectivity index (χ3n) is 11.0. The third-order valence-corrected chi connectivity index (χ3v) is 11.0. The van der Waals surface area contributed by atoms with E-state index in [2.05, 4.69) is 27.7 Å². The van der Waals surface area contributed by atoms with Crippen LogP contribution in [0.3, 0.4) is 0 Å². The zero-order valence-corrected chi connectivity index (χ0v) is 19.8. The summed E-state index contributed by atoms with van der Waals surface area (Å²) in [6.45, 7) is 11.0. The van der Waals surface area contributed by atoms with Crippen LogP contribution >= 0.6 is 0 Å². The average molecular weight is 423 g/mol. The van der Waals surface area contributed by atoms with Gasteiger partial charge in [-0.25, -0.2) is 0 Å². The van der Waals surface area contributed by atoms with E-state index >= 15 is 0 Å². The largest absolute Gasteiger partial charge is 0.393 e. The summed E-state index contributed by atoms with van der Waals surface area (Å²) in [7, 11) is 0. The summed E-state index contributed by atoms with van der Waals surface area (Å²) < 4.78 is 0. The number of fused-ring (bicyclic) bond motifs is 5. The highest BCUT2D eigenvalue weighted by Crippen LogP contribution is 2.69. The van der Waals surface area contributed by atoms with E-state index in [1.165, 1.54) is 0 Å². The lowest BCUT2D eigenvalue weighted by Crippen LogP contribution is -2.65. The quantitative estimate of drug-likeness (QED) is 0.552. The topological polar surface area (TPSA) is 80.9 Å². The normalized spacial score (nSPS) is 55.3. The predicted molar refractivity (Wildman–Crippen MR) is 119 cm³/mol. The van der Waals surface area contributed by atoms with Gasteiger partial charge in [0.15, 0.2) is 0 Å². The Hall–Kier alpha value is -0.160. The van der Waals surface area contributed by atoms with Crippen LogP contribution in [0.2, 0.25) is 0 Å². The molecule has 4 N–H and O–H groups in total. The molecule has 0 spiro atoms. The molecule has 4 saturated carbocycles. The summed E-state index contributed by atoms with van der Waals surface area (Å²) in [5.41, 5.74) is -0.0679.